The van der Waals surface area contributed by atoms with Crippen LogP contribution in [-0.4, -0.2) is 41.0 Å². The SMILES string of the molecule is Brc1ccc(CN2CCCCC2)cc1.[MgH2]. The predicted molar refractivity (Wildman–Crippen MR) is 71.8 cm³/mol. The van der Waals surface area contributed by atoms with Crippen molar-refractivity contribution >= 4 is 39.0 Å². The Morgan fingerprint density at radius 2 is 1.60 bits per heavy atom. The summed E-state index contributed by atoms with van der Waals surface area (Å²) in [6.07, 6.45) is 4.16. The van der Waals surface area contributed by atoms with Crippen molar-refractivity contribution in [3.8, 4) is 0 Å². The molecule has 0 radical (unpaired) electrons. The first-order valence-corrected chi connectivity index (χ1v) is 6.11. The van der Waals surface area contributed by atoms with Crippen LogP contribution in [0.1, 0.15) is 24.8 Å². The molecule has 1 aromatic carbocycles. The predicted octanol–water partition coefficient (Wildman–Crippen LogP) is 2.52. The quantitative estimate of drug-likeness (QED) is 0.753. The lowest BCUT2D eigenvalue weighted by Crippen LogP contribution is -2.28. The Labute approximate surface area is 117 Å². The molecule has 1 nitrogen and oxygen atoms in total. The van der Waals surface area contributed by atoms with Gasteiger partial charge in [0, 0.05) is 11.0 Å². The molecule has 0 spiro atoms. The highest BCUT2D eigenvalue weighted by Crippen LogP contribution is 2.15. The van der Waals surface area contributed by atoms with Crippen LogP contribution in [0.15, 0.2) is 28.7 Å². The molecular weight excluding hydrogens is 262 g/mol. The van der Waals surface area contributed by atoms with Gasteiger partial charge in [0.05, 0.1) is 0 Å². The second-order valence-electron chi connectivity index (χ2n) is 3.96. The number of hydrogen-bond acceptors (Lipinski definition) is 1. The molecule has 0 unspecified atom stereocenters. The van der Waals surface area contributed by atoms with E-state index in [1.807, 2.05) is 0 Å². The van der Waals surface area contributed by atoms with Gasteiger partial charge in [0.2, 0.25) is 0 Å². The summed E-state index contributed by atoms with van der Waals surface area (Å²) in [5.74, 6) is 0. The van der Waals surface area contributed by atoms with Crippen molar-refractivity contribution in [2.75, 3.05) is 13.1 Å². The van der Waals surface area contributed by atoms with Crippen LogP contribution >= 0.6 is 15.9 Å². The van der Waals surface area contributed by atoms with Crippen LogP contribution in [0, 0.1) is 0 Å². The van der Waals surface area contributed by atoms with Crippen molar-refractivity contribution in [2.24, 2.45) is 0 Å². The number of hydrogen-bond donors (Lipinski definition) is 0. The van der Waals surface area contributed by atoms with Gasteiger partial charge >= 0.3 is 23.1 Å². The third kappa shape index (κ3) is 4.43. The zero-order chi connectivity index (χ0) is 9.80. The minimum atomic E-state index is 0. The van der Waals surface area contributed by atoms with Crippen LogP contribution in [0.5, 0.6) is 0 Å². The third-order valence-corrected chi connectivity index (χ3v) is 3.30. The monoisotopic (exact) mass is 279 g/mol. The van der Waals surface area contributed by atoms with Gasteiger partial charge in [-0.1, -0.05) is 34.5 Å². The Kier molecular flexibility index (Phi) is 6.20. The zero-order valence-electron chi connectivity index (χ0n) is 8.38. The largest absolute Gasteiger partial charge is 0.316 e. The highest BCUT2D eigenvalue weighted by molar-refractivity contribution is 9.10. The van der Waals surface area contributed by atoms with Gasteiger partial charge in [0.1, 0.15) is 0 Å². The fraction of sp³-hybridized carbons (Fsp3) is 0.500. The Balaban J connectivity index is 0.00000112. The summed E-state index contributed by atoms with van der Waals surface area (Å²) in [7, 11) is 0. The van der Waals surface area contributed by atoms with Gasteiger partial charge in [-0.25, -0.2) is 0 Å². The van der Waals surface area contributed by atoms with Gasteiger partial charge in [0.25, 0.3) is 0 Å². The summed E-state index contributed by atoms with van der Waals surface area (Å²) in [5, 5.41) is 0. The minimum Gasteiger partial charge on any atom is -0.299 e. The molecule has 1 aliphatic rings. The number of nitrogens with zero attached hydrogens (tertiary/aromatic N) is 1. The number of rotatable bonds is 2. The Hall–Kier alpha value is 0.426. The van der Waals surface area contributed by atoms with Crippen molar-refractivity contribution in [3.63, 3.8) is 0 Å². The van der Waals surface area contributed by atoms with Gasteiger partial charge in [-0.3, -0.25) is 4.90 Å². The lowest BCUT2D eigenvalue weighted by Gasteiger charge is -2.26. The standard InChI is InChI=1S/C12H16BrN.Mg.2H/c13-12-6-4-11(5-7-12)10-14-8-2-1-3-9-14;;;/h4-7H,1-3,8-10H2;;;. The van der Waals surface area contributed by atoms with Crippen molar-refractivity contribution < 1.29 is 0 Å². The average molecular weight is 280 g/mol. The molecule has 0 N–H and O–H groups in total. The fourth-order valence-corrected chi connectivity index (χ4v) is 2.23. The fourth-order valence-electron chi connectivity index (χ4n) is 1.97. The summed E-state index contributed by atoms with van der Waals surface area (Å²) >= 11 is 3.46. The molecule has 0 aliphatic carbocycles. The summed E-state index contributed by atoms with van der Waals surface area (Å²) in [4.78, 5) is 2.55. The van der Waals surface area contributed by atoms with E-state index in [2.05, 4.69) is 45.1 Å². The first-order chi connectivity index (χ1) is 6.84. The van der Waals surface area contributed by atoms with Gasteiger partial charge < -0.3 is 0 Å². The van der Waals surface area contributed by atoms with Gasteiger partial charge in [0.15, 0.2) is 0 Å². The molecule has 80 valence electrons. The van der Waals surface area contributed by atoms with Crippen LogP contribution in [-0.2, 0) is 6.54 Å². The second kappa shape index (κ2) is 6.89. The van der Waals surface area contributed by atoms with E-state index in [4.69, 9.17) is 0 Å². The lowest BCUT2D eigenvalue weighted by molar-refractivity contribution is 0.221. The van der Waals surface area contributed by atoms with E-state index in [9.17, 15) is 0 Å². The number of benzene rings is 1. The topological polar surface area (TPSA) is 3.24 Å². The maximum Gasteiger partial charge on any atom is 0.316 e. The molecule has 3 heteroatoms. The van der Waals surface area contributed by atoms with Crippen molar-refractivity contribution in [3.05, 3.63) is 34.3 Å². The molecule has 0 aromatic heterocycles. The third-order valence-electron chi connectivity index (χ3n) is 2.77. The molecule has 2 rings (SSSR count). The van der Waals surface area contributed by atoms with E-state index in [-0.39, 0.29) is 23.1 Å². The summed E-state index contributed by atoms with van der Waals surface area (Å²) in [5.41, 5.74) is 1.43. The normalized spacial score (nSPS) is 17.1. The van der Waals surface area contributed by atoms with Crippen LogP contribution < -0.4 is 0 Å². The van der Waals surface area contributed by atoms with Crippen LogP contribution in [0.25, 0.3) is 0 Å². The Bertz CT molecular complexity index is 280. The van der Waals surface area contributed by atoms with Crippen LogP contribution in [0.4, 0.5) is 0 Å². The molecule has 0 saturated carbocycles. The van der Waals surface area contributed by atoms with Crippen LogP contribution in [0.2, 0.25) is 0 Å². The van der Waals surface area contributed by atoms with Crippen LogP contribution in [0.3, 0.4) is 0 Å². The number of halogens is 1. The first-order valence-electron chi connectivity index (χ1n) is 5.31. The zero-order valence-corrected chi connectivity index (χ0v) is 9.96. The molecule has 1 aromatic rings. The van der Waals surface area contributed by atoms with E-state index in [1.54, 1.807) is 0 Å². The molecule has 15 heavy (non-hydrogen) atoms. The summed E-state index contributed by atoms with van der Waals surface area (Å²) < 4.78 is 1.17. The molecule has 1 heterocycles. The van der Waals surface area contributed by atoms with E-state index < -0.39 is 0 Å². The van der Waals surface area contributed by atoms with Crippen molar-refractivity contribution in [1.29, 1.82) is 0 Å². The molecular formula is C12H18BrMgN. The maximum absolute atomic E-state index is 3.46. The van der Waals surface area contributed by atoms with Gasteiger partial charge in [-0.15, -0.1) is 0 Å². The molecule has 1 saturated heterocycles. The van der Waals surface area contributed by atoms with Gasteiger partial charge in [-0.05, 0) is 43.6 Å². The number of piperidine rings is 1. The number of likely N-dealkylation sites (tertiary alicyclic amines) is 1. The van der Waals surface area contributed by atoms with E-state index in [1.165, 1.54) is 42.4 Å². The first kappa shape index (κ1) is 13.5. The van der Waals surface area contributed by atoms with Crippen molar-refractivity contribution in [1.82, 2.24) is 4.90 Å². The minimum absolute atomic E-state index is 0. The second-order valence-corrected chi connectivity index (χ2v) is 4.88. The van der Waals surface area contributed by atoms with Crippen molar-refractivity contribution in [2.45, 2.75) is 25.8 Å². The highest BCUT2D eigenvalue weighted by Gasteiger charge is 2.09. The summed E-state index contributed by atoms with van der Waals surface area (Å²) in [6, 6.07) is 8.66. The summed E-state index contributed by atoms with van der Waals surface area (Å²) in [6.45, 7) is 3.67. The van der Waals surface area contributed by atoms with E-state index in [0.717, 1.165) is 6.54 Å². The highest BCUT2D eigenvalue weighted by atomic mass is 79.9. The molecule has 0 atom stereocenters. The maximum atomic E-state index is 3.46. The Morgan fingerprint density at radius 1 is 1.00 bits per heavy atom. The van der Waals surface area contributed by atoms with E-state index >= 15 is 0 Å². The van der Waals surface area contributed by atoms with E-state index in [0.29, 0.717) is 0 Å². The lowest BCUT2D eigenvalue weighted by atomic mass is 10.1. The Morgan fingerprint density at radius 3 is 2.20 bits per heavy atom. The molecule has 1 aliphatic heterocycles. The molecule has 1 fully saturated rings. The smallest absolute Gasteiger partial charge is 0.299 e. The molecule has 0 bridgehead atoms. The molecule has 0 amide bonds. The van der Waals surface area contributed by atoms with Gasteiger partial charge in [-0.2, -0.15) is 0 Å². The average Bonchev–Trinajstić information content (AvgIpc) is 2.23.